The van der Waals surface area contributed by atoms with E-state index in [2.05, 4.69) is 10.3 Å². The van der Waals surface area contributed by atoms with E-state index in [-0.39, 0.29) is 40.4 Å². The van der Waals surface area contributed by atoms with E-state index >= 15 is 0 Å². The first-order chi connectivity index (χ1) is 19.8. The van der Waals surface area contributed by atoms with Crippen molar-refractivity contribution in [2.24, 2.45) is 11.8 Å². The summed E-state index contributed by atoms with van der Waals surface area (Å²) in [5.41, 5.74) is -1.52. The molecule has 42 heavy (non-hydrogen) atoms. The van der Waals surface area contributed by atoms with Crippen molar-refractivity contribution in [3.8, 4) is 0 Å². The lowest BCUT2D eigenvalue weighted by Crippen LogP contribution is -2.50. The van der Waals surface area contributed by atoms with E-state index in [1.165, 1.54) is 24.5 Å². The van der Waals surface area contributed by atoms with E-state index in [1.807, 2.05) is 0 Å². The van der Waals surface area contributed by atoms with Gasteiger partial charge in [-0.2, -0.15) is 0 Å². The third-order valence-electron chi connectivity index (χ3n) is 8.48. The number of hydrogen-bond donors (Lipinski definition) is 4. The molecular weight excluding hydrogens is 597 g/mol. The molecule has 1 aromatic heterocycles. The van der Waals surface area contributed by atoms with Crippen LogP contribution in [-0.4, -0.2) is 51.6 Å². The van der Waals surface area contributed by atoms with Crippen molar-refractivity contribution < 1.29 is 41.7 Å². The van der Waals surface area contributed by atoms with Gasteiger partial charge in [-0.15, -0.1) is 0 Å². The fourth-order valence-corrected chi connectivity index (χ4v) is 8.69. The van der Waals surface area contributed by atoms with Crippen LogP contribution >= 0.6 is 11.6 Å². The zero-order chi connectivity index (χ0) is 30.4. The summed E-state index contributed by atoms with van der Waals surface area (Å²) in [6.45, 7) is 0. The lowest BCUT2D eigenvalue weighted by atomic mass is 9.71. The maximum atomic E-state index is 13.8. The summed E-state index contributed by atoms with van der Waals surface area (Å²) in [6.07, 6.45) is 1.44. The second kappa shape index (κ2) is 11.6. The quantitative estimate of drug-likeness (QED) is 0.269. The Labute approximate surface area is 245 Å². The Morgan fingerprint density at radius 2 is 1.71 bits per heavy atom. The lowest BCUT2D eigenvalue weighted by Gasteiger charge is -2.44. The largest absolute Gasteiger partial charge is 0.390 e. The smallest absolute Gasteiger partial charge is 0.255 e. The topological polar surface area (TPSA) is 137 Å². The Kier molecular flexibility index (Phi) is 8.38. The number of amides is 1. The zero-order valence-electron chi connectivity index (χ0n) is 22.1. The second-order valence-electron chi connectivity index (χ2n) is 11.0. The zero-order valence-corrected chi connectivity index (χ0v) is 23.6. The Balaban J connectivity index is 1.33. The second-order valence-corrected chi connectivity index (χ2v) is 13.6. The molecule has 4 atom stereocenters. The maximum absolute atomic E-state index is 13.8. The average molecular weight is 625 g/mol. The minimum atomic E-state index is -4.12. The number of hydrogen-bond acceptors (Lipinski definition) is 7. The van der Waals surface area contributed by atoms with E-state index in [4.69, 9.17) is 11.6 Å². The van der Waals surface area contributed by atoms with Crippen LogP contribution in [0.1, 0.15) is 54.1 Å². The van der Waals surface area contributed by atoms with Gasteiger partial charge < -0.3 is 20.6 Å². The van der Waals surface area contributed by atoms with Crippen molar-refractivity contribution in [2.75, 3.05) is 5.32 Å². The molecule has 0 saturated heterocycles. The fourth-order valence-electron chi connectivity index (χ4n) is 6.29. The van der Waals surface area contributed by atoms with E-state index in [0.29, 0.717) is 30.5 Å². The van der Waals surface area contributed by atoms with Crippen LogP contribution in [0.25, 0.3) is 0 Å². The molecule has 2 aliphatic rings. The van der Waals surface area contributed by atoms with E-state index < -0.39 is 68.1 Å². The van der Waals surface area contributed by atoms with Crippen LogP contribution in [0.15, 0.2) is 59.8 Å². The number of carbonyl (C=O) groups excluding carboxylic acids is 1. The SMILES string of the molecule is O=C(Nc1cc(F)c(F)c(F)c1)c1ccc(Cl)c(S(=O)(=O)C2CC3CCC(C2)C3(O)CC(O)C(O)c2cccnc2)c1. The first kappa shape index (κ1) is 30.4. The van der Waals surface area contributed by atoms with Gasteiger partial charge in [-0.1, -0.05) is 17.7 Å². The Morgan fingerprint density at radius 3 is 2.31 bits per heavy atom. The van der Waals surface area contributed by atoms with Gasteiger partial charge in [-0.05, 0) is 61.8 Å². The molecule has 2 aliphatic carbocycles. The van der Waals surface area contributed by atoms with Crippen LogP contribution in [0.5, 0.6) is 0 Å². The number of carbonyl (C=O) groups is 1. The summed E-state index contributed by atoms with van der Waals surface area (Å²) < 4.78 is 68.0. The van der Waals surface area contributed by atoms with Crippen molar-refractivity contribution >= 4 is 33.0 Å². The Morgan fingerprint density at radius 1 is 1.07 bits per heavy atom. The molecule has 224 valence electrons. The van der Waals surface area contributed by atoms with E-state index in [1.54, 1.807) is 12.1 Å². The van der Waals surface area contributed by atoms with Crippen molar-refractivity contribution in [3.63, 3.8) is 0 Å². The predicted octanol–water partition coefficient (Wildman–Crippen LogP) is 4.58. The van der Waals surface area contributed by atoms with Gasteiger partial charge in [0.05, 0.1) is 26.9 Å². The molecule has 4 unspecified atom stereocenters. The monoisotopic (exact) mass is 624 g/mol. The Bertz CT molecular complexity index is 1570. The first-order valence-electron chi connectivity index (χ1n) is 13.3. The lowest BCUT2D eigenvalue weighted by molar-refractivity contribution is -0.109. The average Bonchev–Trinajstić information content (AvgIpc) is 3.11. The number of pyridine rings is 1. The van der Waals surface area contributed by atoms with Gasteiger partial charge in [-0.25, -0.2) is 21.6 Å². The summed E-state index contributed by atoms with van der Waals surface area (Å²) in [7, 11) is -4.12. The highest BCUT2D eigenvalue weighted by molar-refractivity contribution is 7.92. The van der Waals surface area contributed by atoms with E-state index in [9.17, 15) is 41.7 Å². The normalized spacial score (nSPS) is 25.2. The van der Waals surface area contributed by atoms with E-state index in [0.717, 1.165) is 6.07 Å². The van der Waals surface area contributed by atoms with Crippen molar-refractivity contribution in [1.82, 2.24) is 4.98 Å². The number of nitrogens with zero attached hydrogens (tertiary/aromatic N) is 1. The molecule has 2 saturated carbocycles. The molecule has 0 radical (unpaired) electrons. The van der Waals surface area contributed by atoms with Crippen LogP contribution in [0, 0.1) is 29.3 Å². The molecule has 1 heterocycles. The molecular formula is C29H28ClF3N2O6S. The number of aliphatic hydroxyl groups excluding tert-OH is 2. The molecule has 5 rings (SSSR count). The minimum Gasteiger partial charge on any atom is -0.390 e. The molecule has 3 aromatic rings. The van der Waals surface area contributed by atoms with Gasteiger partial charge in [0.2, 0.25) is 0 Å². The maximum Gasteiger partial charge on any atom is 0.255 e. The Hall–Kier alpha value is -3.03. The standard InChI is InChI=1S/C29H28ClF3N2O6S/c30-21-6-3-15(28(38)35-19-11-22(31)26(33)23(32)12-19)8-25(21)42(40,41)20-9-17-4-5-18(10-20)29(17,39)13-24(36)27(37)16-2-1-7-34-14-16/h1-3,6-8,11-12,14,17-18,20,24,27,36-37,39H,4-5,9-10,13H2,(H,35,38). The number of halogens is 4. The van der Waals surface area contributed by atoms with Gasteiger partial charge in [0.1, 0.15) is 6.10 Å². The highest BCUT2D eigenvalue weighted by Gasteiger charge is 2.56. The summed E-state index contributed by atoms with van der Waals surface area (Å²) in [5, 5.41) is 34.1. The van der Waals surface area contributed by atoms with Crippen LogP contribution in [0.2, 0.25) is 5.02 Å². The fraction of sp³-hybridized carbons (Fsp3) is 0.379. The number of aliphatic hydroxyl groups is 3. The number of aromatic nitrogens is 1. The van der Waals surface area contributed by atoms with Gasteiger partial charge in [0.25, 0.3) is 5.91 Å². The highest BCUT2D eigenvalue weighted by atomic mass is 35.5. The van der Waals surface area contributed by atoms with Gasteiger partial charge in [0, 0.05) is 47.8 Å². The molecule has 4 N–H and O–H groups in total. The predicted molar refractivity (Wildman–Crippen MR) is 147 cm³/mol. The van der Waals surface area contributed by atoms with Gasteiger partial charge >= 0.3 is 0 Å². The van der Waals surface area contributed by atoms with Crippen LogP contribution < -0.4 is 5.32 Å². The van der Waals surface area contributed by atoms with Gasteiger partial charge in [0.15, 0.2) is 27.3 Å². The van der Waals surface area contributed by atoms with Crippen LogP contribution in [-0.2, 0) is 9.84 Å². The number of fused-ring (bicyclic) bond motifs is 2. The number of nitrogens with one attached hydrogen (secondary N) is 1. The molecule has 8 nitrogen and oxygen atoms in total. The number of sulfone groups is 1. The first-order valence-corrected chi connectivity index (χ1v) is 15.2. The summed E-state index contributed by atoms with van der Waals surface area (Å²) in [4.78, 5) is 16.4. The summed E-state index contributed by atoms with van der Waals surface area (Å²) in [5.74, 6) is -6.54. The highest BCUT2D eigenvalue weighted by Crippen LogP contribution is 2.54. The number of benzene rings is 2. The molecule has 2 fully saturated rings. The van der Waals surface area contributed by atoms with Gasteiger partial charge in [-0.3, -0.25) is 9.78 Å². The molecule has 13 heteroatoms. The van der Waals surface area contributed by atoms with Crippen LogP contribution in [0.3, 0.4) is 0 Å². The van der Waals surface area contributed by atoms with Crippen molar-refractivity contribution in [3.05, 3.63) is 88.5 Å². The molecule has 0 spiro atoms. The number of rotatable bonds is 8. The minimum absolute atomic E-state index is 0.0753. The van der Waals surface area contributed by atoms with Crippen molar-refractivity contribution in [2.45, 2.75) is 60.1 Å². The summed E-state index contributed by atoms with van der Waals surface area (Å²) in [6, 6.07) is 7.94. The third-order valence-corrected chi connectivity index (χ3v) is 11.1. The van der Waals surface area contributed by atoms with Crippen LogP contribution in [0.4, 0.5) is 18.9 Å². The third kappa shape index (κ3) is 5.66. The summed E-state index contributed by atoms with van der Waals surface area (Å²) >= 11 is 6.26. The molecule has 2 bridgehead atoms. The molecule has 1 amide bonds. The van der Waals surface area contributed by atoms with Crippen molar-refractivity contribution in [1.29, 1.82) is 0 Å². The molecule has 2 aromatic carbocycles. The molecule has 0 aliphatic heterocycles. The number of anilines is 1.